The second kappa shape index (κ2) is 7.51. The zero-order valence-electron chi connectivity index (χ0n) is 14.4. The van der Waals surface area contributed by atoms with Crippen molar-refractivity contribution in [1.29, 1.82) is 0 Å². The lowest BCUT2D eigenvalue weighted by molar-refractivity contribution is -0.0184. The Bertz CT molecular complexity index is 523. The van der Waals surface area contributed by atoms with Crippen LogP contribution in [0.1, 0.15) is 32.4 Å². The zero-order chi connectivity index (χ0) is 16.2. The molecule has 1 N–H and O–H groups in total. The van der Waals surface area contributed by atoms with Gasteiger partial charge in [-0.25, -0.2) is 0 Å². The van der Waals surface area contributed by atoms with Gasteiger partial charge in [0.15, 0.2) is 11.5 Å². The van der Waals surface area contributed by atoms with Crippen molar-refractivity contribution in [3.63, 3.8) is 0 Å². The van der Waals surface area contributed by atoms with Gasteiger partial charge in [-0.3, -0.25) is 4.90 Å². The van der Waals surface area contributed by atoms with Crippen molar-refractivity contribution in [2.45, 2.75) is 38.9 Å². The normalized spacial score (nSPS) is 24.2. The van der Waals surface area contributed by atoms with E-state index in [4.69, 9.17) is 14.2 Å². The van der Waals surface area contributed by atoms with Crippen LogP contribution in [0.3, 0.4) is 0 Å². The van der Waals surface area contributed by atoms with Crippen molar-refractivity contribution in [3.8, 4) is 11.5 Å². The van der Waals surface area contributed by atoms with Crippen LogP contribution in [0.2, 0.25) is 0 Å². The van der Waals surface area contributed by atoms with Gasteiger partial charge in [-0.15, -0.1) is 0 Å². The minimum Gasteiger partial charge on any atom is -0.486 e. The largest absolute Gasteiger partial charge is 0.486 e. The molecule has 128 valence electrons. The predicted molar refractivity (Wildman–Crippen MR) is 90.3 cm³/mol. The molecule has 1 fully saturated rings. The fraction of sp³-hybridized carbons (Fsp3) is 0.667. The van der Waals surface area contributed by atoms with E-state index in [1.165, 1.54) is 5.56 Å². The summed E-state index contributed by atoms with van der Waals surface area (Å²) < 4.78 is 16.8. The summed E-state index contributed by atoms with van der Waals surface area (Å²) in [5.41, 5.74) is 1.23. The molecular weight excluding hydrogens is 292 g/mol. The van der Waals surface area contributed by atoms with Crippen LogP contribution in [-0.2, 0) is 4.74 Å². The molecule has 5 nitrogen and oxygen atoms in total. The molecule has 3 atom stereocenters. The number of benzene rings is 1. The van der Waals surface area contributed by atoms with Crippen LogP contribution in [0, 0.1) is 0 Å². The molecule has 0 saturated carbocycles. The van der Waals surface area contributed by atoms with Crippen LogP contribution in [0.25, 0.3) is 0 Å². The van der Waals surface area contributed by atoms with Gasteiger partial charge in [-0.1, -0.05) is 6.07 Å². The van der Waals surface area contributed by atoms with Crippen LogP contribution >= 0.6 is 0 Å². The Morgan fingerprint density at radius 1 is 1.17 bits per heavy atom. The third kappa shape index (κ3) is 3.97. The van der Waals surface area contributed by atoms with Gasteiger partial charge in [0.25, 0.3) is 0 Å². The fourth-order valence-electron chi connectivity index (χ4n) is 3.31. The number of morpholine rings is 1. The van der Waals surface area contributed by atoms with E-state index in [9.17, 15) is 0 Å². The summed E-state index contributed by atoms with van der Waals surface area (Å²) in [6.45, 7) is 11.6. The summed E-state index contributed by atoms with van der Waals surface area (Å²) in [4.78, 5) is 2.52. The summed E-state index contributed by atoms with van der Waals surface area (Å²) in [5, 5.41) is 3.64. The minimum atomic E-state index is 0.282. The van der Waals surface area contributed by atoms with Gasteiger partial charge in [-0.2, -0.15) is 0 Å². The number of hydrogen-bond acceptors (Lipinski definition) is 5. The summed E-state index contributed by atoms with van der Waals surface area (Å²) in [6, 6.07) is 7.49. The van der Waals surface area contributed by atoms with Gasteiger partial charge in [-0.05, 0) is 38.5 Å². The number of fused-ring (bicyclic) bond motifs is 1. The first-order chi connectivity index (χ1) is 11.1. The molecule has 0 aromatic heterocycles. The first kappa shape index (κ1) is 16.6. The van der Waals surface area contributed by atoms with Gasteiger partial charge in [0, 0.05) is 31.2 Å². The molecule has 2 aliphatic heterocycles. The van der Waals surface area contributed by atoms with Crippen LogP contribution in [0.5, 0.6) is 11.5 Å². The summed E-state index contributed by atoms with van der Waals surface area (Å²) >= 11 is 0. The average molecular weight is 320 g/mol. The quantitative estimate of drug-likeness (QED) is 0.901. The van der Waals surface area contributed by atoms with E-state index >= 15 is 0 Å². The molecule has 2 aliphatic rings. The molecule has 0 spiro atoms. The predicted octanol–water partition coefficient (Wildman–Crippen LogP) is 2.22. The molecule has 5 heteroatoms. The molecule has 0 aliphatic carbocycles. The summed E-state index contributed by atoms with van der Waals surface area (Å²) in [6.07, 6.45) is 0. The highest BCUT2D eigenvalue weighted by Gasteiger charge is 2.24. The van der Waals surface area contributed by atoms with Crippen molar-refractivity contribution < 1.29 is 14.2 Å². The Balaban J connectivity index is 1.55. The number of ether oxygens (including phenoxy) is 3. The Morgan fingerprint density at radius 2 is 1.96 bits per heavy atom. The highest BCUT2D eigenvalue weighted by molar-refractivity contribution is 5.44. The minimum absolute atomic E-state index is 0.282. The van der Waals surface area contributed by atoms with Gasteiger partial charge in [0.2, 0.25) is 0 Å². The summed E-state index contributed by atoms with van der Waals surface area (Å²) in [7, 11) is 0. The second-order valence-corrected chi connectivity index (χ2v) is 6.54. The Labute approximate surface area is 138 Å². The lowest BCUT2D eigenvalue weighted by atomic mass is 10.1. The van der Waals surface area contributed by atoms with Crippen molar-refractivity contribution in [1.82, 2.24) is 10.2 Å². The molecule has 3 rings (SSSR count). The molecule has 0 amide bonds. The fourth-order valence-corrected chi connectivity index (χ4v) is 3.31. The van der Waals surface area contributed by atoms with E-state index in [1.807, 2.05) is 6.07 Å². The van der Waals surface area contributed by atoms with Crippen molar-refractivity contribution >= 4 is 0 Å². The van der Waals surface area contributed by atoms with Crippen LogP contribution in [0.15, 0.2) is 18.2 Å². The van der Waals surface area contributed by atoms with Gasteiger partial charge < -0.3 is 19.5 Å². The van der Waals surface area contributed by atoms with Crippen LogP contribution < -0.4 is 14.8 Å². The molecule has 3 unspecified atom stereocenters. The first-order valence-corrected chi connectivity index (χ1v) is 8.61. The van der Waals surface area contributed by atoms with E-state index < -0.39 is 0 Å². The highest BCUT2D eigenvalue weighted by atomic mass is 16.6. The maximum absolute atomic E-state index is 5.67. The third-order valence-electron chi connectivity index (χ3n) is 4.77. The summed E-state index contributed by atoms with van der Waals surface area (Å²) in [5.74, 6) is 1.71. The van der Waals surface area contributed by atoms with Gasteiger partial charge >= 0.3 is 0 Å². The number of rotatable bonds is 5. The lowest BCUT2D eigenvalue weighted by Crippen LogP contribution is -2.51. The van der Waals surface area contributed by atoms with Crippen molar-refractivity contribution in [2.24, 2.45) is 0 Å². The first-order valence-electron chi connectivity index (χ1n) is 8.61. The molecule has 2 heterocycles. The monoisotopic (exact) mass is 320 g/mol. The van der Waals surface area contributed by atoms with Crippen LogP contribution in [-0.4, -0.2) is 56.5 Å². The van der Waals surface area contributed by atoms with E-state index in [0.717, 1.165) is 37.8 Å². The average Bonchev–Trinajstić information content (AvgIpc) is 2.59. The second-order valence-electron chi connectivity index (χ2n) is 6.54. The van der Waals surface area contributed by atoms with Crippen LogP contribution in [0.4, 0.5) is 0 Å². The number of hydrogen-bond donors (Lipinski definition) is 1. The number of nitrogens with one attached hydrogen (secondary N) is 1. The van der Waals surface area contributed by atoms with Gasteiger partial charge in [0.05, 0.1) is 13.2 Å². The SMILES string of the molecule is CC(NCC(C)N1CCOCC1C)c1ccc2c(c1)OCCO2. The molecule has 1 saturated heterocycles. The van der Waals surface area contributed by atoms with E-state index in [0.29, 0.717) is 25.3 Å². The van der Waals surface area contributed by atoms with E-state index in [1.54, 1.807) is 0 Å². The molecule has 1 aromatic carbocycles. The Kier molecular flexibility index (Phi) is 5.41. The van der Waals surface area contributed by atoms with E-state index in [-0.39, 0.29) is 6.04 Å². The van der Waals surface area contributed by atoms with Crippen molar-refractivity contribution in [2.75, 3.05) is 39.5 Å². The molecular formula is C18H28N2O3. The Hall–Kier alpha value is -1.30. The standard InChI is InChI=1S/C18H28N2O3/c1-13(20-6-7-21-12-14(20)2)11-19-15(3)16-4-5-17-18(10-16)23-9-8-22-17/h4-5,10,13-15,19H,6-9,11-12H2,1-3H3. The molecule has 0 radical (unpaired) electrons. The van der Waals surface area contributed by atoms with Gasteiger partial charge in [0.1, 0.15) is 13.2 Å². The third-order valence-corrected chi connectivity index (χ3v) is 4.77. The van der Waals surface area contributed by atoms with E-state index in [2.05, 4.69) is 43.1 Å². The smallest absolute Gasteiger partial charge is 0.161 e. The maximum atomic E-state index is 5.67. The molecule has 23 heavy (non-hydrogen) atoms. The lowest BCUT2D eigenvalue weighted by Gasteiger charge is -2.38. The maximum Gasteiger partial charge on any atom is 0.161 e. The zero-order valence-corrected chi connectivity index (χ0v) is 14.4. The molecule has 1 aromatic rings. The highest BCUT2D eigenvalue weighted by Crippen LogP contribution is 2.32. The topological polar surface area (TPSA) is 43.0 Å². The number of nitrogens with zero attached hydrogens (tertiary/aromatic N) is 1. The van der Waals surface area contributed by atoms with Crippen molar-refractivity contribution in [3.05, 3.63) is 23.8 Å². The molecule has 0 bridgehead atoms. The Morgan fingerprint density at radius 3 is 2.74 bits per heavy atom.